The predicted molar refractivity (Wildman–Crippen MR) is 115 cm³/mol. The van der Waals surface area contributed by atoms with Gasteiger partial charge >= 0.3 is 0 Å². The van der Waals surface area contributed by atoms with Crippen molar-refractivity contribution in [2.75, 3.05) is 44.7 Å². The first-order valence-electron chi connectivity index (χ1n) is 10.0. The van der Waals surface area contributed by atoms with Crippen LogP contribution in [0.15, 0.2) is 42.5 Å². The molecule has 0 bridgehead atoms. The van der Waals surface area contributed by atoms with Gasteiger partial charge in [-0.15, -0.1) is 0 Å². The molecule has 0 spiro atoms. The van der Waals surface area contributed by atoms with Crippen LogP contribution in [-0.4, -0.2) is 56.5 Å². The van der Waals surface area contributed by atoms with Crippen molar-refractivity contribution in [2.45, 2.75) is 20.3 Å². The minimum atomic E-state index is -0.198. The van der Waals surface area contributed by atoms with Gasteiger partial charge in [0.2, 0.25) is 5.91 Å². The molecule has 3 rings (SSSR count). The standard InChI is InChI=1S/C23H29N3O3/c1-17-6-4-9-21(18(17)2)25-12-14-26(15-13-25)22(27)10-11-24-23(28)19-7-5-8-20(16-19)29-3/h4-9,16H,10-15H2,1-3H3,(H,24,28). The van der Waals surface area contributed by atoms with Gasteiger partial charge in [-0.2, -0.15) is 0 Å². The van der Waals surface area contributed by atoms with Crippen molar-refractivity contribution in [3.05, 3.63) is 59.2 Å². The van der Waals surface area contributed by atoms with Crippen molar-refractivity contribution in [2.24, 2.45) is 0 Å². The Hall–Kier alpha value is -3.02. The number of aryl methyl sites for hydroxylation is 1. The molecule has 1 saturated heterocycles. The van der Waals surface area contributed by atoms with Crippen LogP contribution in [0.3, 0.4) is 0 Å². The fraction of sp³-hybridized carbons (Fsp3) is 0.391. The van der Waals surface area contributed by atoms with Crippen molar-refractivity contribution in [1.29, 1.82) is 0 Å². The highest BCUT2D eigenvalue weighted by Crippen LogP contribution is 2.24. The molecule has 2 aromatic carbocycles. The van der Waals surface area contributed by atoms with Gasteiger partial charge in [-0.25, -0.2) is 0 Å². The summed E-state index contributed by atoms with van der Waals surface area (Å²) < 4.78 is 5.14. The van der Waals surface area contributed by atoms with Crippen molar-refractivity contribution in [3.63, 3.8) is 0 Å². The molecule has 6 heteroatoms. The highest BCUT2D eigenvalue weighted by molar-refractivity contribution is 5.94. The van der Waals surface area contributed by atoms with E-state index in [2.05, 4.69) is 42.3 Å². The first kappa shape index (κ1) is 20.7. The number of benzene rings is 2. The number of carbonyl (C=O) groups is 2. The molecular weight excluding hydrogens is 366 g/mol. The lowest BCUT2D eigenvalue weighted by atomic mass is 10.1. The van der Waals surface area contributed by atoms with E-state index in [0.29, 0.717) is 37.4 Å². The Bertz CT molecular complexity index is 873. The minimum absolute atomic E-state index is 0.0801. The topological polar surface area (TPSA) is 61.9 Å². The molecule has 0 saturated carbocycles. The Labute approximate surface area is 172 Å². The Balaban J connectivity index is 1.45. The van der Waals surface area contributed by atoms with Crippen LogP contribution in [0.4, 0.5) is 5.69 Å². The van der Waals surface area contributed by atoms with Crippen molar-refractivity contribution < 1.29 is 14.3 Å². The number of nitrogens with one attached hydrogen (secondary N) is 1. The van der Waals surface area contributed by atoms with Gasteiger partial charge in [0, 0.05) is 50.4 Å². The van der Waals surface area contributed by atoms with E-state index in [-0.39, 0.29) is 11.8 Å². The Kier molecular flexibility index (Phi) is 6.75. The molecule has 2 amide bonds. The first-order valence-corrected chi connectivity index (χ1v) is 10.0. The fourth-order valence-corrected chi connectivity index (χ4v) is 3.58. The number of ether oxygens (including phenoxy) is 1. The zero-order valence-electron chi connectivity index (χ0n) is 17.4. The molecule has 1 heterocycles. The molecule has 1 aliphatic heterocycles. The summed E-state index contributed by atoms with van der Waals surface area (Å²) in [5.41, 5.74) is 4.36. The summed E-state index contributed by atoms with van der Waals surface area (Å²) in [5, 5.41) is 2.82. The number of carbonyl (C=O) groups excluding carboxylic acids is 2. The zero-order chi connectivity index (χ0) is 20.8. The average Bonchev–Trinajstić information content (AvgIpc) is 2.75. The molecule has 1 aliphatic rings. The van der Waals surface area contributed by atoms with E-state index >= 15 is 0 Å². The van der Waals surface area contributed by atoms with E-state index in [0.717, 1.165) is 13.1 Å². The molecule has 1 N–H and O–H groups in total. The lowest BCUT2D eigenvalue weighted by molar-refractivity contribution is -0.131. The average molecular weight is 396 g/mol. The van der Waals surface area contributed by atoms with Crippen LogP contribution in [0.5, 0.6) is 5.75 Å². The number of hydrogen-bond donors (Lipinski definition) is 1. The second kappa shape index (κ2) is 9.45. The summed E-state index contributed by atoms with van der Waals surface area (Å²) in [5.74, 6) is 0.517. The fourth-order valence-electron chi connectivity index (χ4n) is 3.58. The van der Waals surface area contributed by atoms with Crippen molar-refractivity contribution >= 4 is 17.5 Å². The summed E-state index contributed by atoms with van der Waals surface area (Å²) in [7, 11) is 1.57. The van der Waals surface area contributed by atoms with Gasteiger partial charge < -0.3 is 19.9 Å². The summed E-state index contributed by atoms with van der Waals surface area (Å²) in [4.78, 5) is 29.0. The quantitative estimate of drug-likeness (QED) is 0.817. The predicted octanol–water partition coefficient (Wildman–Crippen LogP) is 2.78. The second-order valence-corrected chi connectivity index (χ2v) is 7.32. The Morgan fingerprint density at radius 1 is 1.03 bits per heavy atom. The maximum atomic E-state index is 12.5. The Morgan fingerprint density at radius 2 is 1.76 bits per heavy atom. The van der Waals surface area contributed by atoms with Crippen LogP contribution >= 0.6 is 0 Å². The number of piperazine rings is 1. The zero-order valence-corrected chi connectivity index (χ0v) is 17.4. The minimum Gasteiger partial charge on any atom is -0.497 e. The molecule has 6 nitrogen and oxygen atoms in total. The summed E-state index contributed by atoms with van der Waals surface area (Å²) in [6.45, 7) is 7.65. The number of amides is 2. The largest absolute Gasteiger partial charge is 0.497 e. The number of anilines is 1. The van der Waals surface area contributed by atoms with E-state index in [9.17, 15) is 9.59 Å². The van der Waals surface area contributed by atoms with E-state index in [1.54, 1.807) is 31.4 Å². The van der Waals surface area contributed by atoms with Gasteiger partial charge in [0.1, 0.15) is 5.75 Å². The molecule has 0 atom stereocenters. The molecule has 0 unspecified atom stereocenters. The molecule has 154 valence electrons. The SMILES string of the molecule is COc1cccc(C(=O)NCCC(=O)N2CCN(c3cccc(C)c3C)CC2)c1. The van der Waals surface area contributed by atoms with E-state index in [4.69, 9.17) is 4.74 Å². The van der Waals surface area contributed by atoms with Gasteiger partial charge in [0.15, 0.2) is 0 Å². The van der Waals surface area contributed by atoms with E-state index in [1.165, 1.54) is 16.8 Å². The monoisotopic (exact) mass is 395 g/mol. The third-order valence-corrected chi connectivity index (χ3v) is 5.51. The van der Waals surface area contributed by atoms with Crippen LogP contribution in [0, 0.1) is 13.8 Å². The third-order valence-electron chi connectivity index (χ3n) is 5.51. The normalized spacial score (nSPS) is 13.9. The summed E-state index contributed by atoms with van der Waals surface area (Å²) >= 11 is 0. The smallest absolute Gasteiger partial charge is 0.251 e. The summed E-state index contributed by atoms with van der Waals surface area (Å²) in [6, 6.07) is 13.3. The van der Waals surface area contributed by atoms with Crippen LogP contribution in [0.1, 0.15) is 27.9 Å². The first-order chi connectivity index (χ1) is 14.0. The van der Waals surface area contributed by atoms with Crippen LogP contribution in [-0.2, 0) is 4.79 Å². The van der Waals surface area contributed by atoms with Crippen molar-refractivity contribution in [1.82, 2.24) is 10.2 Å². The summed E-state index contributed by atoms with van der Waals surface area (Å²) in [6.07, 6.45) is 0.305. The molecule has 29 heavy (non-hydrogen) atoms. The van der Waals surface area contributed by atoms with E-state index < -0.39 is 0 Å². The highest BCUT2D eigenvalue weighted by Gasteiger charge is 2.22. The number of methoxy groups -OCH3 is 1. The van der Waals surface area contributed by atoms with Gasteiger partial charge in [-0.3, -0.25) is 9.59 Å². The molecule has 2 aromatic rings. The Morgan fingerprint density at radius 3 is 2.48 bits per heavy atom. The number of rotatable bonds is 6. The molecule has 0 aliphatic carbocycles. The van der Waals surface area contributed by atoms with Gasteiger partial charge in [-0.1, -0.05) is 18.2 Å². The maximum absolute atomic E-state index is 12.5. The lowest BCUT2D eigenvalue weighted by Gasteiger charge is -2.37. The molecule has 1 fully saturated rings. The van der Waals surface area contributed by atoms with Crippen LogP contribution in [0.25, 0.3) is 0 Å². The molecule has 0 radical (unpaired) electrons. The van der Waals surface area contributed by atoms with Gasteiger partial charge in [0.25, 0.3) is 5.91 Å². The molecular formula is C23H29N3O3. The number of hydrogen-bond acceptors (Lipinski definition) is 4. The maximum Gasteiger partial charge on any atom is 0.251 e. The number of nitrogens with zero attached hydrogens (tertiary/aromatic N) is 2. The van der Waals surface area contributed by atoms with Gasteiger partial charge in [0.05, 0.1) is 7.11 Å². The molecule has 0 aromatic heterocycles. The second-order valence-electron chi connectivity index (χ2n) is 7.32. The van der Waals surface area contributed by atoms with Crippen LogP contribution < -0.4 is 15.0 Å². The lowest BCUT2D eigenvalue weighted by Crippen LogP contribution is -2.49. The van der Waals surface area contributed by atoms with Crippen molar-refractivity contribution in [3.8, 4) is 5.75 Å². The highest BCUT2D eigenvalue weighted by atomic mass is 16.5. The van der Waals surface area contributed by atoms with Gasteiger partial charge in [-0.05, 0) is 49.2 Å². The van der Waals surface area contributed by atoms with Crippen LogP contribution in [0.2, 0.25) is 0 Å². The third kappa shape index (κ3) is 5.08. The van der Waals surface area contributed by atoms with E-state index in [1.807, 2.05) is 4.90 Å².